The maximum absolute atomic E-state index is 14.2. The van der Waals surface area contributed by atoms with Crippen molar-refractivity contribution in [2.24, 2.45) is 0 Å². The molecule has 0 aliphatic carbocycles. The Morgan fingerprint density at radius 2 is 1.79 bits per heavy atom. The second-order valence-corrected chi connectivity index (χ2v) is 7.08. The second-order valence-electron chi connectivity index (χ2n) is 7.08. The fraction of sp³-hybridized carbons (Fsp3) is 0.391. The van der Waals surface area contributed by atoms with Gasteiger partial charge < -0.3 is 9.47 Å². The second kappa shape index (κ2) is 9.49. The van der Waals surface area contributed by atoms with Gasteiger partial charge in [0.05, 0.1) is 23.1 Å². The molecule has 28 heavy (non-hydrogen) atoms. The van der Waals surface area contributed by atoms with E-state index in [0.717, 1.165) is 49.1 Å². The van der Waals surface area contributed by atoms with Gasteiger partial charge in [-0.3, -0.25) is 4.79 Å². The summed E-state index contributed by atoms with van der Waals surface area (Å²) in [6.07, 6.45) is 3.97. The van der Waals surface area contributed by atoms with Crippen LogP contribution in [0.1, 0.15) is 55.7 Å². The van der Waals surface area contributed by atoms with Gasteiger partial charge in [0.15, 0.2) is 0 Å². The number of benzene rings is 2. The summed E-state index contributed by atoms with van der Waals surface area (Å²) >= 11 is 0. The fourth-order valence-electron chi connectivity index (χ4n) is 3.50. The Balaban J connectivity index is 1.93. The Labute approximate surface area is 166 Å². The van der Waals surface area contributed by atoms with Gasteiger partial charge >= 0.3 is 0 Å². The number of hydrogen-bond acceptors (Lipinski definition) is 2. The molecule has 0 aliphatic heterocycles. The number of nitrogens with zero attached hydrogens (tertiary/aromatic N) is 3. The highest BCUT2D eigenvalue weighted by molar-refractivity contribution is 5.94. The van der Waals surface area contributed by atoms with Crippen LogP contribution in [0.2, 0.25) is 0 Å². The molecule has 0 N–H and O–H groups in total. The fourth-order valence-corrected chi connectivity index (χ4v) is 3.50. The molecule has 4 nitrogen and oxygen atoms in total. The first-order chi connectivity index (χ1) is 13.7. The summed E-state index contributed by atoms with van der Waals surface area (Å²) in [5.74, 6) is 0.101. The molecular weight excluding hydrogens is 353 g/mol. The molecular formula is C23H28FN3O. The van der Waals surface area contributed by atoms with Crippen LogP contribution >= 0.6 is 0 Å². The van der Waals surface area contributed by atoms with Crippen LogP contribution in [-0.2, 0) is 13.1 Å². The number of hydrogen-bond donors (Lipinski definition) is 0. The summed E-state index contributed by atoms with van der Waals surface area (Å²) in [7, 11) is 0. The van der Waals surface area contributed by atoms with E-state index in [1.807, 2.05) is 18.2 Å². The zero-order valence-corrected chi connectivity index (χ0v) is 16.7. The molecule has 0 saturated heterocycles. The third kappa shape index (κ3) is 4.41. The molecule has 1 heterocycles. The van der Waals surface area contributed by atoms with Crippen molar-refractivity contribution >= 4 is 16.9 Å². The zero-order valence-electron chi connectivity index (χ0n) is 16.7. The lowest BCUT2D eigenvalue weighted by molar-refractivity contribution is 0.0729. The first kappa shape index (κ1) is 20.1. The van der Waals surface area contributed by atoms with Gasteiger partial charge in [-0.1, -0.05) is 51.0 Å². The number of fused-ring (bicyclic) bond motifs is 1. The minimum atomic E-state index is -0.477. The molecule has 0 unspecified atom stereocenters. The van der Waals surface area contributed by atoms with Gasteiger partial charge in [-0.05, 0) is 37.1 Å². The number of carbonyl (C=O) groups excluding carboxylic acids is 1. The molecule has 0 spiro atoms. The van der Waals surface area contributed by atoms with Gasteiger partial charge in [-0.15, -0.1) is 0 Å². The molecule has 1 amide bonds. The van der Waals surface area contributed by atoms with Crippen LogP contribution in [0.25, 0.3) is 11.0 Å². The Bertz CT molecular complexity index is 934. The van der Waals surface area contributed by atoms with Crippen LogP contribution < -0.4 is 0 Å². The van der Waals surface area contributed by atoms with Gasteiger partial charge in [0.1, 0.15) is 11.6 Å². The first-order valence-electron chi connectivity index (χ1n) is 10.1. The lowest BCUT2D eigenvalue weighted by Gasteiger charge is -2.23. The minimum Gasteiger partial charge on any atom is -0.331 e. The Morgan fingerprint density at radius 3 is 2.54 bits per heavy atom. The summed E-state index contributed by atoms with van der Waals surface area (Å²) in [6.45, 7) is 6.07. The number of halogens is 1. The lowest BCUT2D eigenvalue weighted by atomic mass is 10.1. The van der Waals surface area contributed by atoms with Crippen LogP contribution in [0.5, 0.6) is 0 Å². The van der Waals surface area contributed by atoms with E-state index in [9.17, 15) is 9.18 Å². The van der Waals surface area contributed by atoms with E-state index in [0.29, 0.717) is 13.1 Å². The molecule has 148 valence electrons. The smallest absolute Gasteiger partial charge is 0.257 e. The summed E-state index contributed by atoms with van der Waals surface area (Å²) in [4.78, 5) is 19.6. The standard InChI is InChI=1S/C23H28FN3O/c1-3-5-10-16-26(23(28)18-11-6-7-12-19(18)24)17-22-25-20-13-8-9-14-21(20)27(22)15-4-2/h6-9,11-14H,3-5,10,15-17H2,1-2H3. The molecule has 1 aromatic heterocycles. The Morgan fingerprint density at radius 1 is 1.04 bits per heavy atom. The van der Waals surface area contributed by atoms with Crippen molar-refractivity contribution in [3.05, 3.63) is 65.7 Å². The van der Waals surface area contributed by atoms with Crippen molar-refractivity contribution in [3.63, 3.8) is 0 Å². The molecule has 0 radical (unpaired) electrons. The van der Waals surface area contributed by atoms with Crippen LogP contribution in [0.4, 0.5) is 4.39 Å². The average Bonchev–Trinajstić information content (AvgIpc) is 3.05. The van der Waals surface area contributed by atoms with E-state index in [1.54, 1.807) is 23.1 Å². The maximum atomic E-state index is 14.2. The molecule has 0 saturated carbocycles. The highest BCUT2D eigenvalue weighted by Gasteiger charge is 2.21. The van der Waals surface area contributed by atoms with Crippen LogP contribution in [0.15, 0.2) is 48.5 Å². The monoisotopic (exact) mass is 381 g/mol. The quantitative estimate of drug-likeness (QED) is 0.464. The summed E-state index contributed by atoms with van der Waals surface area (Å²) < 4.78 is 16.4. The SMILES string of the molecule is CCCCCN(Cc1nc2ccccc2n1CCC)C(=O)c1ccccc1F. The molecule has 0 bridgehead atoms. The highest BCUT2D eigenvalue weighted by atomic mass is 19.1. The van der Waals surface area contributed by atoms with Crippen LogP contribution in [-0.4, -0.2) is 26.9 Å². The third-order valence-corrected chi connectivity index (χ3v) is 4.94. The van der Waals surface area contributed by atoms with E-state index in [4.69, 9.17) is 4.98 Å². The van der Waals surface area contributed by atoms with Crippen molar-refractivity contribution in [1.29, 1.82) is 0 Å². The number of carbonyl (C=O) groups is 1. The Kier molecular flexibility index (Phi) is 6.80. The van der Waals surface area contributed by atoms with Crippen molar-refractivity contribution in [2.45, 2.75) is 52.6 Å². The molecule has 0 fully saturated rings. The third-order valence-electron chi connectivity index (χ3n) is 4.94. The van der Waals surface area contributed by atoms with E-state index in [1.165, 1.54) is 6.07 Å². The van der Waals surface area contributed by atoms with Crippen LogP contribution in [0.3, 0.4) is 0 Å². The molecule has 0 aliphatic rings. The molecule has 3 rings (SSSR count). The maximum Gasteiger partial charge on any atom is 0.257 e. The number of aryl methyl sites for hydroxylation is 1. The van der Waals surface area contributed by atoms with Crippen molar-refractivity contribution < 1.29 is 9.18 Å². The highest BCUT2D eigenvalue weighted by Crippen LogP contribution is 2.20. The van der Waals surface area contributed by atoms with Gasteiger partial charge in [0.2, 0.25) is 0 Å². The minimum absolute atomic E-state index is 0.122. The summed E-state index contributed by atoms with van der Waals surface area (Å²) in [5.41, 5.74) is 2.13. The van der Waals surface area contributed by atoms with E-state index in [-0.39, 0.29) is 11.5 Å². The van der Waals surface area contributed by atoms with Crippen LogP contribution in [0, 0.1) is 5.82 Å². The number of rotatable bonds is 9. The topological polar surface area (TPSA) is 38.1 Å². The van der Waals surface area contributed by atoms with E-state index in [2.05, 4.69) is 24.5 Å². The van der Waals surface area contributed by atoms with Gasteiger partial charge in [-0.25, -0.2) is 9.37 Å². The van der Waals surface area contributed by atoms with E-state index >= 15 is 0 Å². The predicted molar refractivity (Wildman–Crippen MR) is 111 cm³/mol. The number of amides is 1. The van der Waals surface area contributed by atoms with E-state index < -0.39 is 5.82 Å². The summed E-state index contributed by atoms with van der Waals surface area (Å²) in [6, 6.07) is 14.2. The number of imidazole rings is 1. The van der Waals surface area contributed by atoms with Crippen molar-refractivity contribution in [2.75, 3.05) is 6.54 Å². The van der Waals surface area contributed by atoms with Crippen molar-refractivity contribution in [3.8, 4) is 0 Å². The van der Waals surface area contributed by atoms with Gasteiger partial charge in [-0.2, -0.15) is 0 Å². The molecule has 2 aromatic carbocycles. The number of para-hydroxylation sites is 2. The molecule has 5 heteroatoms. The molecule has 0 atom stereocenters. The summed E-state index contributed by atoms with van der Waals surface area (Å²) in [5, 5.41) is 0. The average molecular weight is 381 g/mol. The Hall–Kier alpha value is -2.69. The zero-order chi connectivity index (χ0) is 19.9. The number of unbranched alkanes of at least 4 members (excludes halogenated alkanes) is 2. The lowest BCUT2D eigenvalue weighted by Crippen LogP contribution is -2.33. The van der Waals surface area contributed by atoms with Crippen molar-refractivity contribution in [1.82, 2.24) is 14.5 Å². The molecule has 3 aromatic rings. The van der Waals surface area contributed by atoms with Gasteiger partial charge in [0, 0.05) is 13.1 Å². The normalized spacial score (nSPS) is 11.1. The number of aromatic nitrogens is 2. The predicted octanol–water partition coefficient (Wildman–Crippen LogP) is 5.42. The largest absolute Gasteiger partial charge is 0.331 e. The van der Waals surface area contributed by atoms with Gasteiger partial charge in [0.25, 0.3) is 5.91 Å². The first-order valence-corrected chi connectivity index (χ1v) is 10.1.